The molecule has 0 bridgehead atoms. The monoisotopic (exact) mass is 362 g/mol. The predicted octanol–water partition coefficient (Wildman–Crippen LogP) is 1.79. The number of carbonyl (C=O) groups is 3. The zero-order valence-corrected chi connectivity index (χ0v) is 14.6. The molecule has 7 nitrogen and oxygen atoms in total. The molecule has 1 saturated heterocycles. The Bertz CT molecular complexity index is 760. The standard InChI is InChI=1S/C17H18N2O5S/c1-12-4-5-13(24-12)17(22)23-11-15(20)18-6-8-19(9-7-18)16(21)14-3-2-10-25-14/h2-5,10H,6-9,11H2,1H3. The molecular formula is C17H18N2O5S. The first-order valence-corrected chi connectivity index (χ1v) is 8.76. The Balaban J connectivity index is 1.45. The van der Waals surface area contributed by atoms with Crippen LogP contribution in [0.3, 0.4) is 0 Å². The Kier molecular flexibility index (Phi) is 5.18. The van der Waals surface area contributed by atoms with Crippen molar-refractivity contribution in [3.8, 4) is 0 Å². The second-order valence-electron chi connectivity index (χ2n) is 5.64. The number of nitrogens with zero attached hydrogens (tertiary/aromatic N) is 2. The molecule has 0 aliphatic carbocycles. The molecule has 0 unspecified atom stereocenters. The van der Waals surface area contributed by atoms with Crippen LogP contribution in [0.1, 0.15) is 26.0 Å². The molecule has 25 heavy (non-hydrogen) atoms. The summed E-state index contributed by atoms with van der Waals surface area (Å²) in [5, 5.41) is 1.86. The van der Waals surface area contributed by atoms with E-state index in [1.54, 1.807) is 28.9 Å². The van der Waals surface area contributed by atoms with Gasteiger partial charge in [-0.15, -0.1) is 11.3 Å². The van der Waals surface area contributed by atoms with Gasteiger partial charge < -0.3 is 19.0 Å². The van der Waals surface area contributed by atoms with Gasteiger partial charge in [0.25, 0.3) is 11.8 Å². The molecule has 1 aliphatic rings. The van der Waals surface area contributed by atoms with Gasteiger partial charge in [-0.05, 0) is 30.5 Å². The highest BCUT2D eigenvalue weighted by Gasteiger charge is 2.26. The van der Waals surface area contributed by atoms with Gasteiger partial charge in [0.1, 0.15) is 5.76 Å². The van der Waals surface area contributed by atoms with E-state index in [1.165, 1.54) is 17.4 Å². The van der Waals surface area contributed by atoms with E-state index in [1.807, 2.05) is 11.4 Å². The zero-order valence-electron chi connectivity index (χ0n) is 13.8. The first kappa shape index (κ1) is 17.2. The molecule has 0 saturated carbocycles. The highest BCUT2D eigenvalue weighted by Crippen LogP contribution is 2.14. The lowest BCUT2D eigenvalue weighted by molar-refractivity contribution is -0.136. The summed E-state index contributed by atoms with van der Waals surface area (Å²) in [4.78, 5) is 40.2. The summed E-state index contributed by atoms with van der Waals surface area (Å²) in [6.07, 6.45) is 0. The molecule has 0 spiro atoms. The van der Waals surface area contributed by atoms with Crippen molar-refractivity contribution in [1.29, 1.82) is 0 Å². The Morgan fingerprint density at radius 3 is 2.44 bits per heavy atom. The van der Waals surface area contributed by atoms with E-state index in [0.717, 1.165) is 0 Å². The summed E-state index contributed by atoms with van der Waals surface area (Å²) < 4.78 is 10.1. The fraction of sp³-hybridized carbons (Fsp3) is 0.353. The number of amides is 2. The van der Waals surface area contributed by atoms with Gasteiger partial charge in [0.2, 0.25) is 5.76 Å². The predicted molar refractivity (Wildman–Crippen MR) is 90.5 cm³/mol. The maximum Gasteiger partial charge on any atom is 0.374 e. The van der Waals surface area contributed by atoms with Gasteiger partial charge in [0.05, 0.1) is 4.88 Å². The van der Waals surface area contributed by atoms with Crippen LogP contribution in [-0.2, 0) is 9.53 Å². The molecule has 2 aromatic rings. The molecule has 132 valence electrons. The van der Waals surface area contributed by atoms with E-state index in [0.29, 0.717) is 36.8 Å². The number of carbonyl (C=O) groups excluding carboxylic acids is 3. The average Bonchev–Trinajstić information content (AvgIpc) is 3.30. The number of piperazine rings is 1. The van der Waals surface area contributed by atoms with E-state index < -0.39 is 5.97 Å². The summed E-state index contributed by atoms with van der Waals surface area (Å²) in [5.41, 5.74) is 0. The number of aryl methyl sites for hydroxylation is 1. The molecule has 0 atom stereocenters. The van der Waals surface area contributed by atoms with Crippen molar-refractivity contribution in [2.24, 2.45) is 0 Å². The van der Waals surface area contributed by atoms with Crippen LogP contribution in [0.4, 0.5) is 0 Å². The second-order valence-corrected chi connectivity index (χ2v) is 6.58. The Hall–Kier alpha value is -2.61. The Morgan fingerprint density at radius 2 is 1.84 bits per heavy atom. The number of esters is 1. The van der Waals surface area contributed by atoms with Gasteiger partial charge in [-0.2, -0.15) is 0 Å². The van der Waals surface area contributed by atoms with Gasteiger partial charge in [-0.3, -0.25) is 9.59 Å². The maximum atomic E-state index is 12.3. The minimum atomic E-state index is -0.659. The summed E-state index contributed by atoms with van der Waals surface area (Å²) in [5.74, 6) is -0.268. The van der Waals surface area contributed by atoms with Crippen molar-refractivity contribution in [1.82, 2.24) is 9.80 Å². The van der Waals surface area contributed by atoms with Gasteiger partial charge in [0, 0.05) is 26.2 Å². The number of hydrogen-bond acceptors (Lipinski definition) is 6. The van der Waals surface area contributed by atoms with Crippen LogP contribution in [0.25, 0.3) is 0 Å². The lowest BCUT2D eigenvalue weighted by atomic mass is 10.3. The summed E-state index contributed by atoms with van der Waals surface area (Å²) >= 11 is 1.40. The minimum absolute atomic E-state index is 0.0123. The van der Waals surface area contributed by atoms with Crippen LogP contribution in [0.2, 0.25) is 0 Å². The molecule has 2 aromatic heterocycles. The van der Waals surface area contributed by atoms with Crippen LogP contribution in [-0.4, -0.2) is 60.4 Å². The topological polar surface area (TPSA) is 80.1 Å². The van der Waals surface area contributed by atoms with E-state index in [2.05, 4.69) is 0 Å². The van der Waals surface area contributed by atoms with E-state index in [9.17, 15) is 14.4 Å². The van der Waals surface area contributed by atoms with Crippen LogP contribution in [0, 0.1) is 6.92 Å². The molecule has 8 heteroatoms. The van der Waals surface area contributed by atoms with Crippen molar-refractivity contribution in [3.63, 3.8) is 0 Å². The number of rotatable bonds is 4. The third-order valence-electron chi connectivity index (χ3n) is 3.92. The fourth-order valence-electron chi connectivity index (χ4n) is 2.55. The smallest absolute Gasteiger partial charge is 0.374 e. The maximum absolute atomic E-state index is 12.3. The Labute approximate surface area is 148 Å². The molecule has 0 aromatic carbocycles. The van der Waals surface area contributed by atoms with Crippen molar-refractivity contribution in [3.05, 3.63) is 46.0 Å². The van der Waals surface area contributed by atoms with Crippen molar-refractivity contribution < 1.29 is 23.5 Å². The van der Waals surface area contributed by atoms with E-state index >= 15 is 0 Å². The third-order valence-corrected chi connectivity index (χ3v) is 4.78. The molecule has 1 fully saturated rings. The van der Waals surface area contributed by atoms with Crippen molar-refractivity contribution in [2.45, 2.75) is 6.92 Å². The quantitative estimate of drug-likeness (QED) is 0.775. The molecule has 0 N–H and O–H groups in total. The minimum Gasteiger partial charge on any atom is -0.454 e. The zero-order chi connectivity index (χ0) is 17.8. The molecule has 3 rings (SSSR count). The van der Waals surface area contributed by atoms with Crippen LogP contribution >= 0.6 is 11.3 Å². The van der Waals surface area contributed by atoms with Crippen LogP contribution < -0.4 is 0 Å². The third kappa shape index (κ3) is 4.08. The SMILES string of the molecule is Cc1ccc(C(=O)OCC(=O)N2CCN(C(=O)c3cccs3)CC2)o1. The van der Waals surface area contributed by atoms with Gasteiger partial charge in [0.15, 0.2) is 6.61 Å². The molecule has 0 radical (unpaired) electrons. The first-order valence-electron chi connectivity index (χ1n) is 7.88. The van der Waals surface area contributed by atoms with Gasteiger partial charge in [-0.25, -0.2) is 4.79 Å². The number of ether oxygens (including phenoxy) is 1. The largest absolute Gasteiger partial charge is 0.454 e. The van der Waals surface area contributed by atoms with Crippen LogP contribution in [0.5, 0.6) is 0 Å². The van der Waals surface area contributed by atoms with Crippen LogP contribution in [0.15, 0.2) is 34.1 Å². The summed E-state index contributed by atoms with van der Waals surface area (Å²) in [6, 6.07) is 6.80. The molecule has 2 amide bonds. The average molecular weight is 362 g/mol. The van der Waals surface area contributed by atoms with Crippen molar-refractivity contribution >= 4 is 29.1 Å². The number of thiophene rings is 1. The fourth-order valence-corrected chi connectivity index (χ4v) is 3.24. The Morgan fingerprint density at radius 1 is 1.12 bits per heavy atom. The summed E-state index contributed by atoms with van der Waals surface area (Å²) in [7, 11) is 0. The number of furan rings is 1. The highest BCUT2D eigenvalue weighted by molar-refractivity contribution is 7.12. The van der Waals surface area contributed by atoms with E-state index in [4.69, 9.17) is 9.15 Å². The second kappa shape index (κ2) is 7.52. The molecular weight excluding hydrogens is 344 g/mol. The number of hydrogen-bond donors (Lipinski definition) is 0. The van der Waals surface area contributed by atoms with Crippen molar-refractivity contribution in [2.75, 3.05) is 32.8 Å². The highest BCUT2D eigenvalue weighted by atomic mass is 32.1. The first-order chi connectivity index (χ1) is 12.0. The van der Waals surface area contributed by atoms with E-state index in [-0.39, 0.29) is 24.2 Å². The lowest BCUT2D eigenvalue weighted by Gasteiger charge is -2.34. The summed E-state index contributed by atoms with van der Waals surface area (Å²) in [6.45, 7) is 3.17. The van der Waals surface area contributed by atoms with Gasteiger partial charge in [-0.1, -0.05) is 6.07 Å². The normalized spacial score (nSPS) is 14.4. The van der Waals surface area contributed by atoms with Gasteiger partial charge >= 0.3 is 5.97 Å². The molecule has 1 aliphatic heterocycles. The molecule has 3 heterocycles. The lowest BCUT2D eigenvalue weighted by Crippen LogP contribution is -2.51.